The molecule has 1 aromatic carbocycles. The van der Waals surface area contributed by atoms with E-state index in [1.807, 2.05) is 79.5 Å². The molecular weight excluding hydrogens is 426 g/mol. The largest absolute Gasteiger partial charge is 0.297 e. The molecule has 10 nitrogen and oxygen atoms in total. The van der Waals surface area contributed by atoms with Gasteiger partial charge in [0.1, 0.15) is 0 Å². The van der Waals surface area contributed by atoms with Gasteiger partial charge in [0.25, 0.3) is 5.56 Å². The van der Waals surface area contributed by atoms with Gasteiger partial charge in [0.15, 0.2) is 5.69 Å². The number of benzene rings is 1. The summed E-state index contributed by atoms with van der Waals surface area (Å²) in [6.07, 6.45) is 1.97. The van der Waals surface area contributed by atoms with Gasteiger partial charge in [-0.05, 0) is 49.4 Å². The van der Waals surface area contributed by atoms with Gasteiger partial charge in [-0.1, -0.05) is 30.0 Å². The predicted octanol–water partition coefficient (Wildman–Crippen LogP) is 2.41. The zero-order chi connectivity index (χ0) is 22.4. The molecule has 4 heterocycles. The number of tetrazole rings is 1. The van der Waals surface area contributed by atoms with E-state index < -0.39 is 0 Å². The number of hydrogen-bond donors (Lipinski definition) is 0. The zero-order valence-electron chi connectivity index (χ0n) is 18.1. The molecule has 0 unspecified atom stereocenters. The number of hydrogen-bond acceptors (Lipinski definition) is 7. The maximum atomic E-state index is 13.3. The summed E-state index contributed by atoms with van der Waals surface area (Å²) in [5.41, 5.74) is 4.63. The summed E-state index contributed by atoms with van der Waals surface area (Å²) in [7, 11) is 1.85. The number of para-hydroxylation sites is 1. The van der Waals surface area contributed by atoms with Gasteiger partial charge in [-0.2, -0.15) is 4.68 Å². The van der Waals surface area contributed by atoms with Crippen molar-refractivity contribution in [2.75, 3.05) is 0 Å². The van der Waals surface area contributed by atoms with E-state index in [0.717, 1.165) is 28.5 Å². The Morgan fingerprint density at radius 3 is 2.62 bits per heavy atom. The number of fused-ring (bicyclic) bond motifs is 1. The van der Waals surface area contributed by atoms with Crippen LogP contribution in [0.2, 0.25) is 0 Å². The van der Waals surface area contributed by atoms with Gasteiger partial charge in [-0.25, -0.2) is 14.6 Å². The summed E-state index contributed by atoms with van der Waals surface area (Å²) in [6.45, 7) is 5.86. The number of nitrogens with zero attached hydrogens (tertiary/aromatic N) is 9. The average Bonchev–Trinajstić information content (AvgIpc) is 3.44. The van der Waals surface area contributed by atoms with Crippen LogP contribution in [0.5, 0.6) is 0 Å². The van der Waals surface area contributed by atoms with Crippen molar-refractivity contribution in [1.29, 1.82) is 0 Å². The molecule has 0 aliphatic carbocycles. The summed E-state index contributed by atoms with van der Waals surface area (Å²) in [4.78, 5) is 22.4. The molecule has 0 aliphatic rings. The third kappa shape index (κ3) is 3.30. The molecule has 5 aromatic rings. The standard InChI is InChI=1S/C21H21N9OS/c1-13-10-14(2)28-11-16(23-20(28)22-13)12-32-21-24-25-26-29(21)18-15(3)27(4)30(19(18)31)17-8-6-5-7-9-17/h5-11H,12H2,1-4H3. The van der Waals surface area contributed by atoms with E-state index in [-0.39, 0.29) is 5.56 Å². The van der Waals surface area contributed by atoms with Crippen LogP contribution < -0.4 is 5.56 Å². The Balaban J connectivity index is 1.49. The highest BCUT2D eigenvalue weighted by molar-refractivity contribution is 7.98. The van der Waals surface area contributed by atoms with Crippen molar-refractivity contribution in [3.8, 4) is 11.4 Å². The minimum absolute atomic E-state index is 0.187. The van der Waals surface area contributed by atoms with E-state index >= 15 is 0 Å². The number of rotatable bonds is 5. The molecule has 0 spiro atoms. The number of imidazole rings is 1. The molecule has 0 radical (unpaired) electrons. The van der Waals surface area contributed by atoms with E-state index in [1.54, 1.807) is 4.68 Å². The fraction of sp³-hybridized carbons (Fsp3) is 0.238. The van der Waals surface area contributed by atoms with Crippen molar-refractivity contribution < 1.29 is 0 Å². The molecule has 32 heavy (non-hydrogen) atoms. The molecule has 0 saturated heterocycles. The molecule has 0 bridgehead atoms. The Labute approximate surface area is 187 Å². The maximum absolute atomic E-state index is 13.3. The van der Waals surface area contributed by atoms with Crippen LogP contribution in [0.15, 0.2) is 52.5 Å². The third-order valence-electron chi connectivity index (χ3n) is 5.34. The van der Waals surface area contributed by atoms with Crippen molar-refractivity contribution in [3.05, 3.63) is 75.7 Å². The van der Waals surface area contributed by atoms with Crippen LogP contribution in [0.4, 0.5) is 0 Å². The van der Waals surface area contributed by atoms with E-state index in [4.69, 9.17) is 0 Å². The lowest BCUT2D eigenvalue weighted by molar-refractivity contribution is 0.630. The van der Waals surface area contributed by atoms with Crippen molar-refractivity contribution in [2.45, 2.75) is 31.7 Å². The van der Waals surface area contributed by atoms with Crippen LogP contribution in [0.25, 0.3) is 17.2 Å². The topological polar surface area (TPSA) is 101 Å². The van der Waals surface area contributed by atoms with Crippen LogP contribution in [0.3, 0.4) is 0 Å². The van der Waals surface area contributed by atoms with Crippen LogP contribution in [0, 0.1) is 20.8 Å². The van der Waals surface area contributed by atoms with Crippen molar-refractivity contribution in [2.24, 2.45) is 7.05 Å². The van der Waals surface area contributed by atoms with Crippen molar-refractivity contribution in [1.82, 2.24) is 43.9 Å². The molecule has 162 valence electrons. The molecule has 0 fully saturated rings. The minimum Gasteiger partial charge on any atom is -0.288 e. The Kier molecular flexibility index (Phi) is 4.89. The van der Waals surface area contributed by atoms with Crippen molar-refractivity contribution >= 4 is 17.5 Å². The lowest BCUT2D eigenvalue weighted by atomic mass is 10.3. The van der Waals surface area contributed by atoms with Crippen LogP contribution in [-0.2, 0) is 12.8 Å². The first-order valence-corrected chi connectivity index (χ1v) is 11.0. The van der Waals surface area contributed by atoms with E-state index in [9.17, 15) is 4.79 Å². The Hall–Kier alpha value is -3.73. The van der Waals surface area contributed by atoms with Crippen LogP contribution in [-0.4, -0.2) is 43.9 Å². The van der Waals surface area contributed by atoms with Crippen molar-refractivity contribution in [3.63, 3.8) is 0 Å². The van der Waals surface area contributed by atoms with Gasteiger partial charge >= 0.3 is 0 Å². The second-order valence-corrected chi connectivity index (χ2v) is 8.46. The Morgan fingerprint density at radius 1 is 1.06 bits per heavy atom. The molecular formula is C21H21N9OS. The first-order chi connectivity index (χ1) is 15.4. The smallest absolute Gasteiger partial charge is 0.288 e. The molecule has 0 atom stereocenters. The van der Waals surface area contributed by atoms with Gasteiger partial charge < -0.3 is 0 Å². The first kappa shape index (κ1) is 20.2. The molecule has 4 aromatic heterocycles. The molecule has 0 amide bonds. The highest BCUT2D eigenvalue weighted by Crippen LogP contribution is 2.23. The maximum Gasteiger partial charge on any atom is 0.297 e. The SMILES string of the molecule is Cc1cc(C)n2cc(CSc3nnnn3-c3c(C)n(C)n(-c4ccccc4)c3=O)nc2n1. The van der Waals surface area contributed by atoms with Gasteiger partial charge in [0.05, 0.1) is 17.1 Å². The fourth-order valence-electron chi connectivity index (χ4n) is 3.73. The highest BCUT2D eigenvalue weighted by Gasteiger charge is 2.22. The molecule has 5 rings (SSSR count). The van der Waals surface area contributed by atoms with Gasteiger partial charge in [0, 0.05) is 30.4 Å². The monoisotopic (exact) mass is 447 g/mol. The minimum atomic E-state index is -0.187. The summed E-state index contributed by atoms with van der Waals surface area (Å²) >= 11 is 1.42. The van der Waals surface area contributed by atoms with Gasteiger partial charge in [0.2, 0.25) is 10.9 Å². The molecule has 0 aliphatic heterocycles. The van der Waals surface area contributed by atoms with E-state index in [0.29, 0.717) is 22.4 Å². The van der Waals surface area contributed by atoms with E-state index in [2.05, 4.69) is 25.5 Å². The number of thioether (sulfide) groups is 1. The fourth-order valence-corrected chi connectivity index (χ4v) is 4.49. The Morgan fingerprint density at radius 2 is 1.84 bits per heavy atom. The highest BCUT2D eigenvalue weighted by atomic mass is 32.2. The zero-order valence-corrected chi connectivity index (χ0v) is 18.9. The lowest BCUT2D eigenvalue weighted by Crippen LogP contribution is -2.22. The second-order valence-electron chi connectivity index (χ2n) is 7.51. The number of aryl methyl sites for hydroxylation is 2. The summed E-state index contributed by atoms with van der Waals surface area (Å²) in [5, 5.41) is 12.6. The van der Waals surface area contributed by atoms with Gasteiger partial charge in [-0.3, -0.25) is 13.9 Å². The second kappa shape index (κ2) is 7.75. The third-order valence-corrected chi connectivity index (χ3v) is 6.29. The lowest BCUT2D eigenvalue weighted by Gasteiger charge is -2.07. The summed E-state index contributed by atoms with van der Waals surface area (Å²) in [6, 6.07) is 11.5. The predicted molar refractivity (Wildman–Crippen MR) is 120 cm³/mol. The normalized spacial score (nSPS) is 11.5. The Bertz CT molecular complexity index is 1490. The van der Waals surface area contributed by atoms with E-state index in [1.165, 1.54) is 16.4 Å². The first-order valence-electron chi connectivity index (χ1n) is 10.0. The summed E-state index contributed by atoms with van der Waals surface area (Å²) < 4.78 is 6.89. The molecule has 11 heteroatoms. The quantitative estimate of drug-likeness (QED) is 0.381. The molecule has 0 N–H and O–H groups in total. The van der Waals surface area contributed by atoms with Crippen LogP contribution in [0.1, 0.15) is 22.8 Å². The van der Waals surface area contributed by atoms with Gasteiger partial charge in [-0.15, -0.1) is 5.10 Å². The van der Waals surface area contributed by atoms with Crippen LogP contribution >= 0.6 is 11.8 Å². The average molecular weight is 448 g/mol. The number of aromatic nitrogens is 9. The molecule has 0 saturated carbocycles. The summed E-state index contributed by atoms with van der Waals surface area (Å²) in [5.74, 6) is 1.21.